The largest absolute Gasteiger partial charge is 0.443 e. The smallest absolute Gasteiger partial charge is 0.420 e. The summed E-state index contributed by atoms with van der Waals surface area (Å²) in [5.41, 5.74) is 4.48. The Morgan fingerprint density at radius 3 is 2.19 bits per heavy atom. The van der Waals surface area contributed by atoms with Crippen molar-refractivity contribution in [2.75, 3.05) is 14.1 Å². The summed E-state index contributed by atoms with van der Waals surface area (Å²) in [6.07, 6.45) is 8.38. The third-order valence-electron chi connectivity index (χ3n) is 9.81. The average Bonchev–Trinajstić information content (AvgIpc) is 3.86. The molecule has 0 saturated heterocycles. The number of aromatic nitrogens is 2. The Labute approximate surface area is 285 Å². The number of hydrogen-bond donors (Lipinski definition) is 3. The number of carbonyl (C=O) groups is 1. The molecule has 48 heavy (non-hydrogen) atoms. The van der Waals surface area contributed by atoms with Crippen LogP contribution in [0.2, 0.25) is 0 Å². The van der Waals surface area contributed by atoms with Gasteiger partial charge in [0.2, 0.25) is 0 Å². The fraction of sp³-hybridized carbons (Fsp3) is 0.513. The van der Waals surface area contributed by atoms with Crippen LogP contribution in [0.5, 0.6) is 0 Å². The van der Waals surface area contributed by atoms with Crippen LogP contribution in [0.3, 0.4) is 0 Å². The highest BCUT2D eigenvalue weighted by Crippen LogP contribution is 2.29. The number of benzene rings is 2. The molecule has 0 spiro atoms. The summed E-state index contributed by atoms with van der Waals surface area (Å²) in [5, 5.41) is 27.7. The molecule has 2 saturated carbocycles. The van der Waals surface area contributed by atoms with Crippen LogP contribution in [0.4, 0.5) is 4.79 Å². The Kier molecular flexibility index (Phi) is 11.3. The van der Waals surface area contributed by atoms with Gasteiger partial charge in [-0.25, -0.2) is 9.36 Å². The topological polar surface area (TPSA) is 122 Å². The zero-order valence-electron chi connectivity index (χ0n) is 29.4. The van der Waals surface area contributed by atoms with Crippen molar-refractivity contribution in [1.82, 2.24) is 25.1 Å². The Hall–Kier alpha value is -4.15. The molecule has 6 rings (SSSR count). The monoisotopic (exact) mass is 649 g/mol. The summed E-state index contributed by atoms with van der Waals surface area (Å²) in [4.78, 5) is 18.0. The second-order valence-electron chi connectivity index (χ2n) is 14.7. The van der Waals surface area contributed by atoms with Gasteiger partial charge in [0, 0.05) is 47.5 Å². The van der Waals surface area contributed by atoms with Crippen molar-refractivity contribution < 1.29 is 9.53 Å². The van der Waals surface area contributed by atoms with E-state index in [1.807, 2.05) is 45.0 Å². The molecular weight excluding hydrogens is 598 g/mol. The number of aromatic amines is 1. The Bertz CT molecular complexity index is 1800. The summed E-state index contributed by atoms with van der Waals surface area (Å²) in [7, 11) is 4.28. The molecule has 2 aromatic carbocycles. The predicted molar refractivity (Wildman–Crippen MR) is 192 cm³/mol. The van der Waals surface area contributed by atoms with E-state index in [0.29, 0.717) is 35.0 Å². The molecule has 4 atom stereocenters. The highest BCUT2D eigenvalue weighted by molar-refractivity contribution is 5.92. The first-order valence-electron chi connectivity index (χ1n) is 17.4. The number of carbonyl (C=O) groups excluding carboxylic acids is 1. The van der Waals surface area contributed by atoms with Gasteiger partial charge in [0.1, 0.15) is 29.1 Å². The lowest BCUT2D eigenvalue weighted by molar-refractivity contribution is 0.0543. The molecule has 0 radical (unpaired) electrons. The van der Waals surface area contributed by atoms with Gasteiger partial charge in [0.05, 0.1) is 5.52 Å². The molecule has 0 bridgehead atoms. The van der Waals surface area contributed by atoms with Crippen molar-refractivity contribution in [3.8, 4) is 12.1 Å². The van der Waals surface area contributed by atoms with Crippen LogP contribution in [0.25, 0.3) is 21.8 Å². The van der Waals surface area contributed by atoms with Crippen molar-refractivity contribution in [1.29, 1.82) is 10.5 Å². The highest BCUT2D eigenvalue weighted by Gasteiger charge is 2.26. The van der Waals surface area contributed by atoms with E-state index in [9.17, 15) is 10.1 Å². The van der Waals surface area contributed by atoms with E-state index in [0.717, 1.165) is 40.9 Å². The van der Waals surface area contributed by atoms with E-state index >= 15 is 0 Å². The maximum absolute atomic E-state index is 12.6. The van der Waals surface area contributed by atoms with E-state index in [4.69, 9.17) is 10.00 Å². The number of H-pyrrole nitrogens is 1. The quantitative estimate of drug-likeness (QED) is 0.180. The Balaban J connectivity index is 0.000000198. The van der Waals surface area contributed by atoms with E-state index in [1.165, 1.54) is 55.1 Å². The first-order valence-corrected chi connectivity index (χ1v) is 17.4. The minimum absolute atomic E-state index is 0.291. The summed E-state index contributed by atoms with van der Waals surface area (Å²) < 4.78 is 6.82. The van der Waals surface area contributed by atoms with Crippen molar-refractivity contribution in [3.05, 3.63) is 71.0 Å². The SMILES string of the molecule is CC[C@@H]1CC[C@H](NCc2ccc3[nH]c(C#N)cc3c2)C1.CN(C)[C@@H]1CC[C@H](NCc2ccc3c(c2)cc(C#N)n3C(=O)OC(C)(C)C)C1. The summed E-state index contributed by atoms with van der Waals surface area (Å²) in [6, 6.07) is 22.1. The molecule has 0 unspecified atom stereocenters. The zero-order valence-corrected chi connectivity index (χ0v) is 29.4. The minimum atomic E-state index is -0.615. The number of fused-ring (bicyclic) bond motifs is 2. The maximum Gasteiger partial charge on any atom is 0.420 e. The minimum Gasteiger partial charge on any atom is -0.443 e. The van der Waals surface area contributed by atoms with Crippen LogP contribution in [-0.4, -0.2) is 58.4 Å². The molecule has 0 aliphatic heterocycles. The number of nitriles is 2. The van der Waals surface area contributed by atoms with Crippen LogP contribution < -0.4 is 10.6 Å². The van der Waals surface area contributed by atoms with Crippen molar-refractivity contribution in [2.24, 2.45) is 5.92 Å². The molecule has 2 heterocycles. The van der Waals surface area contributed by atoms with E-state index < -0.39 is 11.7 Å². The lowest BCUT2D eigenvalue weighted by Gasteiger charge is -2.20. The van der Waals surface area contributed by atoms with Gasteiger partial charge < -0.3 is 25.3 Å². The van der Waals surface area contributed by atoms with Crippen LogP contribution in [0.1, 0.15) is 95.2 Å². The Morgan fingerprint density at radius 2 is 1.58 bits per heavy atom. The second-order valence-corrected chi connectivity index (χ2v) is 14.7. The summed E-state index contributed by atoms with van der Waals surface area (Å²) in [5.74, 6) is 0.915. The standard InChI is InChI=1S/C22H30N4O2.C17H21N3/c1-22(2,3)28-21(27)26-19(13-23)11-16-10-15(6-9-20(16)26)14-24-17-7-8-18(12-17)25(4)5;1-2-12-3-5-15(8-12)19-11-13-4-6-17-14(7-13)9-16(10-18)20-17/h6,9-11,17-18,24H,7-8,12,14H2,1-5H3;4,6-7,9,12,15,19-20H,2-3,5,8,11H2,1H3/t17-,18+;12-,15+/m01/s1. The molecule has 254 valence electrons. The number of hydrogen-bond acceptors (Lipinski definition) is 7. The zero-order chi connectivity index (χ0) is 34.4. The molecule has 9 nitrogen and oxygen atoms in total. The molecule has 2 aliphatic rings. The number of ether oxygens (including phenoxy) is 1. The van der Waals surface area contributed by atoms with Gasteiger partial charge in [-0.15, -0.1) is 0 Å². The van der Waals surface area contributed by atoms with Crippen LogP contribution in [0.15, 0.2) is 48.5 Å². The highest BCUT2D eigenvalue weighted by atomic mass is 16.6. The van der Waals surface area contributed by atoms with E-state index in [-0.39, 0.29) is 0 Å². The second kappa shape index (κ2) is 15.4. The maximum atomic E-state index is 12.6. The van der Waals surface area contributed by atoms with Gasteiger partial charge in [0.25, 0.3) is 0 Å². The molecular formula is C39H51N7O2. The van der Waals surface area contributed by atoms with Crippen molar-refractivity contribution in [3.63, 3.8) is 0 Å². The van der Waals surface area contributed by atoms with Gasteiger partial charge in [-0.3, -0.25) is 0 Å². The van der Waals surface area contributed by atoms with E-state index in [1.54, 1.807) is 6.07 Å². The van der Waals surface area contributed by atoms with Gasteiger partial charge in [-0.2, -0.15) is 10.5 Å². The third-order valence-corrected chi connectivity index (χ3v) is 9.81. The lowest BCUT2D eigenvalue weighted by atomic mass is 10.1. The number of rotatable bonds is 8. The number of nitrogens with zero attached hydrogens (tertiary/aromatic N) is 4. The first kappa shape index (κ1) is 35.2. The van der Waals surface area contributed by atoms with Gasteiger partial charge in [-0.1, -0.05) is 25.5 Å². The molecule has 9 heteroatoms. The molecule has 2 aromatic heterocycles. The fourth-order valence-corrected chi connectivity index (χ4v) is 7.08. The normalized spacial score (nSPS) is 20.9. The summed E-state index contributed by atoms with van der Waals surface area (Å²) in [6.45, 7) is 9.44. The summed E-state index contributed by atoms with van der Waals surface area (Å²) >= 11 is 0. The van der Waals surface area contributed by atoms with Crippen molar-refractivity contribution in [2.45, 2.75) is 109 Å². The molecule has 3 N–H and O–H groups in total. The first-order chi connectivity index (χ1) is 23.0. The fourth-order valence-electron chi connectivity index (χ4n) is 7.08. The molecule has 0 amide bonds. The molecule has 2 aliphatic carbocycles. The van der Waals surface area contributed by atoms with Gasteiger partial charge in [-0.05, 0) is 127 Å². The average molecular weight is 650 g/mol. The lowest BCUT2D eigenvalue weighted by Crippen LogP contribution is -2.30. The van der Waals surface area contributed by atoms with Gasteiger partial charge >= 0.3 is 6.09 Å². The van der Waals surface area contributed by atoms with E-state index in [2.05, 4.69) is 71.9 Å². The Morgan fingerprint density at radius 1 is 0.917 bits per heavy atom. The van der Waals surface area contributed by atoms with Crippen molar-refractivity contribution >= 4 is 27.9 Å². The van der Waals surface area contributed by atoms with Crippen LogP contribution >= 0.6 is 0 Å². The van der Waals surface area contributed by atoms with Crippen LogP contribution in [0, 0.1) is 28.6 Å². The van der Waals surface area contributed by atoms with Crippen LogP contribution in [-0.2, 0) is 17.8 Å². The molecule has 4 aromatic rings. The predicted octanol–water partition coefficient (Wildman–Crippen LogP) is 7.58. The number of nitrogens with one attached hydrogen (secondary N) is 3. The molecule has 2 fully saturated rings. The third kappa shape index (κ3) is 8.85. The van der Waals surface area contributed by atoms with Gasteiger partial charge in [0.15, 0.2) is 0 Å².